The van der Waals surface area contributed by atoms with Crippen molar-refractivity contribution in [3.05, 3.63) is 23.8 Å². The number of ether oxygens (including phenoxy) is 1. The van der Waals surface area contributed by atoms with Crippen LogP contribution in [-0.4, -0.2) is 7.11 Å². The van der Waals surface area contributed by atoms with Crippen LogP contribution < -0.4 is 10.5 Å². The van der Waals surface area contributed by atoms with Gasteiger partial charge >= 0.3 is 0 Å². The minimum atomic E-state index is 0.448. The zero-order chi connectivity index (χ0) is 9.14. The van der Waals surface area contributed by atoms with Gasteiger partial charge in [0.1, 0.15) is 5.75 Å². The quantitative estimate of drug-likeness (QED) is 0.683. The van der Waals surface area contributed by atoms with Crippen LogP contribution in [0.3, 0.4) is 0 Å². The average molecular weight is 165 g/mol. The van der Waals surface area contributed by atoms with E-state index in [-0.39, 0.29) is 0 Å². The second-order valence-electron chi connectivity index (χ2n) is 3.16. The lowest BCUT2D eigenvalue weighted by Crippen LogP contribution is -1.96. The fourth-order valence-corrected chi connectivity index (χ4v) is 1.20. The Labute approximate surface area is 73.3 Å². The number of nitrogens with two attached hydrogens (primary N) is 1. The highest BCUT2D eigenvalue weighted by Crippen LogP contribution is 2.27. The summed E-state index contributed by atoms with van der Waals surface area (Å²) in [6.45, 7) is 4.24. The van der Waals surface area contributed by atoms with Crippen LogP contribution in [0, 0.1) is 0 Å². The fourth-order valence-electron chi connectivity index (χ4n) is 1.20. The second kappa shape index (κ2) is 3.48. The van der Waals surface area contributed by atoms with Crippen molar-refractivity contribution >= 4 is 5.69 Å². The maximum atomic E-state index is 5.66. The van der Waals surface area contributed by atoms with Crippen molar-refractivity contribution in [1.29, 1.82) is 0 Å². The first kappa shape index (κ1) is 8.91. The van der Waals surface area contributed by atoms with Crippen LogP contribution in [0.25, 0.3) is 0 Å². The first-order valence-corrected chi connectivity index (χ1v) is 4.08. The molecule has 0 amide bonds. The van der Waals surface area contributed by atoms with Gasteiger partial charge in [0.15, 0.2) is 0 Å². The maximum absolute atomic E-state index is 5.66. The number of anilines is 1. The van der Waals surface area contributed by atoms with Gasteiger partial charge in [-0.25, -0.2) is 0 Å². The molecular weight excluding hydrogens is 150 g/mol. The summed E-state index contributed by atoms with van der Waals surface area (Å²) >= 11 is 0. The summed E-state index contributed by atoms with van der Waals surface area (Å²) in [7, 11) is 1.68. The van der Waals surface area contributed by atoms with Crippen molar-refractivity contribution < 1.29 is 4.74 Å². The monoisotopic (exact) mass is 165 g/mol. The molecule has 0 fully saturated rings. The molecule has 0 aliphatic carbocycles. The Morgan fingerprint density at radius 2 is 2.00 bits per heavy atom. The van der Waals surface area contributed by atoms with Gasteiger partial charge in [0, 0.05) is 5.69 Å². The van der Waals surface area contributed by atoms with Gasteiger partial charge in [0.25, 0.3) is 0 Å². The molecule has 2 heteroatoms. The van der Waals surface area contributed by atoms with Gasteiger partial charge in [-0.3, -0.25) is 0 Å². The number of hydrogen-bond acceptors (Lipinski definition) is 2. The third kappa shape index (κ3) is 1.70. The summed E-state index contributed by atoms with van der Waals surface area (Å²) in [5.74, 6) is 1.36. The van der Waals surface area contributed by atoms with E-state index in [4.69, 9.17) is 10.5 Å². The molecule has 0 aliphatic heterocycles. The van der Waals surface area contributed by atoms with E-state index in [1.165, 1.54) is 0 Å². The van der Waals surface area contributed by atoms with Gasteiger partial charge in [0.05, 0.1) is 7.11 Å². The molecule has 0 saturated heterocycles. The van der Waals surface area contributed by atoms with Crippen LogP contribution in [-0.2, 0) is 0 Å². The summed E-state index contributed by atoms with van der Waals surface area (Å²) in [5.41, 5.74) is 7.62. The van der Waals surface area contributed by atoms with E-state index in [1.54, 1.807) is 7.11 Å². The normalized spacial score (nSPS) is 10.3. The van der Waals surface area contributed by atoms with Crippen molar-refractivity contribution in [2.24, 2.45) is 0 Å². The topological polar surface area (TPSA) is 35.2 Å². The van der Waals surface area contributed by atoms with Crippen molar-refractivity contribution in [1.82, 2.24) is 0 Å². The zero-order valence-corrected chi connectivity index (χ0v) is 7.79. The number of rotatable bonds is 2. The molecule has 12 heavy (non-hydrogen) atoms. The number of methoxy groups -OCH3 is 1. The third-order valence-electron chi connectivity index (χ3n) is 1.88. The SMILES string of the molecule is COc1ccc(N)cc1C(C)C. The van der Waals surface area contributed by atoms with Crippen molar-refractivity contribution in [3.63, 3.8) is 0 Å². The van der Waals surface area contributed by atoms with E-state index in [0.717, 1.165) is 17.0 Å². The highest BCUT2D eigenvalue weighted by Gasteiger charge is 2.06. The standard InChI is InChI=1S/C10H15NO/c1-7(2)9-6-8(11)4-5-10(9)12-3/h4-7H,11H2,1-3H3. The average Bonchev–Trinajstić information content (AvgIpc) is 2.04. The van der Waals surface area contributed by atoms with Gasteiger partial charge in [-0.1, -0.05) is 13.8 Å². The first-order valence-electron chi connectivity index (χ1n) is 4.08. The van der Waals surface area contributed by atoms with Crippen LogP contribution in [0.2, 0.25) is 0 Å². The molecule has 66 valence electrons. The van der Waals surface area contributed by atoms with Crippen LogP contribution in [0.15, 0.2) is 18.2 Å². The predicted octanol–water partition coefficient (Wildman–Crippen LogP) is 2.40. The maximum Gasteiger partial charge on any atom is 0.122 e. The van der Waals surface area contributed by atoms with Gasteiger partial charge in [-0.2, -0.15) is 0 Å². The van der Waals surface area contributed by atoms with Crippen LogP contribution in [0.4, 0.5) is 5.69 Å². The smallest absolute Gasteiger partial charge is 0.122 e. The van der Waals surface area contributed by atoms with Crippen LogP contribution >= 0.6 is 0 Å². The molecule has 0 unspecified atom stereocenters. The summed E-state index contributed by atoms with van der Waals surface area (Å²) in [5, 5.41) is 0. The molecule has 0 spiro atoms. The van der Waals surface area contributed by atoms with E-state index in [0.29, 0.717) is 5.92 Å². The Morgan fingerprint density at radius 3 is 2.50 bits per heavy atom. The molecule has 2 N–H and O–H groups in total. The zero-order valence-electron chi connectivity index (χ0n) is 7.79. The molecule has 0 radical (unpaired) electrons. The second-order valence-corrected chi connectivity index (χ2v) is 3.16. The summed E-state index contributed by atoms with van der Waals surface area (Å²) in [6, 6.07) is 5.72. The van der Waals surface area contributed by atoms with E-state index in [2.05, 4.69) is 13.8 Å². The van der Waals surface area contributed by atoms with E-state index in [1.807, 2.05) is 18.2 Å². The summed E-state index contributed by atoms with van der Waals surface area (Å²) in [6.07, 6.45) is 0. The molecule has 1 aromatic carbocycles. The molecule has 1 rings (SSSR count). The van der Waals surface area contributed by atoms with E-state index in [9.17, 15) is 0 Å². The highest BCUT2D eigenvalue weighted by atomic mass is 16.5. The number of nitrogen functional groups attached to an aromatic ring is 1. The summed E-state index contributed by atoms with van der Waals surface area (Å²) < 4.78 is 5.21. The minimum Gasteiger partial charge on any atom is -0.496 e. The molecule has 0 atom stereocenters. The van der Waals surface area contributed by atoms with E-state index >= 15 is 0 Å². The van der Waals surface area contributed by atoms with Crippen molar-refractivity contribution in [3.8, 4) is 5.75 Å². The Balaban J connectivity index is 3.12. The molecule has 0 bridgehead atoms. The van der Waals surface area contributed by atoms with Crippen molar-refractivity contribution in [2.45, 2.75) is 19.8 Å². The Bertz CT molecular complexity index is 269. The minimum absolute atomic E-state index is 0.448. The lowest BCUT2D eigenvalue weighted by Gasteiger charge is -2.11. The Kier molecular flexibility index (Phi) is 2.58. The van der Waals surface area contributed by atoms with Gasteiger partial charge in [-0.15, -0.1) is 0 Å². The number of hydrogen-bond donors (Lipinski definition) is 1. The Hall–Kier alpha value is -1.18. The third-order valence-corrected chi connectivity index (χ3v) is 1.88. The molecular formula is C10H15NO. The molecule has 1 aromatic rings. The first-order chi connectivity index (χ1) is 5.65. The molecule has 0 aliphatic rings. The lowest BCUT2D eigenvalue weighted by atomic mass is 10.0. The molecule has 0 saturated carbocycles. The lowest BCUT2D eigenvalue weighted by molar-refractivity contribution is 0.407. The highest BCUT2D eigenvalue weighted by molar-refractivity contribution is 5.48. The summed E-state index contributed by atoms with van der Waals surface area (Å²) in [4.78, 5) is 0. The predicted molar refractivity (Wildman–Crippen MR) is 51.5 cm³/mol. The Morgan fingerprint density at radius 1 is 1.33 bits per heavy atom. The largest absolute Gasteiger partial charge is 0.496 e. The number of benzene rings is 1. The van der Waals surface area contributed by atoms with Gasteiger partial charge < -0.3 is 10.5 Å². The fraction of sp³-hybridized carbons (Fsp3) is 0.400. The van der Waals surface area contributed by atoms with E-state index < -0.39 is 0 Å². The van der Waals surface area contributed by atoms with Gasteiger partial charge in [0.2, 0.25) is 0 Å². The molecule has 2 nitrogen and oxygen atoms in total. The van der Waals surface area contributed by atoms with Crippen LogP contribution in [0.1, 0.15) is 25.3 Å². The molecule has 0 heterocycles. The van der Waals surface area contributed by atoms with Crippen molar-refractivity contribution in [2.75, 3.05) is 12.8 Å². The van der Waals surface area contributed by atoms with Crippen LogP contribution in [0.5, 0.6) is 5.75 Å². The van der Waals surface area contributed by atoms with Gasteiger partial charge in [-0.05, 0) is 29.7 Å². The molecule has 0 aromatic heterocycles.